The summed E-state index contributed by atoms with van der Waals surface area (Å²) >= 11 is 0.0828. The second kappa shape index (κ2) is 4.02. The third kappa shape index (κ3) is 3.02. The van der Waals surface area contributed by atoms with Gasteiger partial charge in [0.05, 0.1) is 0 Å². The zero-order chi connectivity index (χ0) is 3.41. The van der Waals surface area contributed by atoms with Crippen LogP contribution in [0.2, 0.25) is 0 Å². The average Bonchev–Trinajstić information content (AvgIpc) is 1.37. The van der Waals surface area contributed by atoms with Crippen molar-refractivity contribution in [2.45, 2.75) is 6.92 Å². The minimum Gasteiger partial charge on any atom is -0.0192 e. The van der Waals surface area contributed by atoms with Crippen LogP contribution < -0.4 is 20.1 Å². The lowest BCUT2D eigenvalue weighted by atomic mass is 11.0. The highest BCUT2D eigenvalue weighted by Gasteiger charge is 1.86. The number of hydrogen-bond acceptors (Lipinski definition) is 0. The van der Waals surface area contributed by atoms with Crippen LogP contribution in [0, 0.1) is 0 Å². The number of rotatable bonds is 1. The van der Waals surface area contributed by atoms with Crippen molar-refractivity contribution in [3.8, 4) is 0 Å². The Balaban J connectivity index is 1.97. The zero-order valence-corrected chi connectivity index (χ0v) is 5.38. The Morgan fingerprint density at radius 2 is 2.25 bits per heavy atom. The van der Waals surface area contributed by atoms with Crippen molar-refractivity contribution in [2.75, 3.05) is 4.43 Å². The lowest BCUT2D eigenvalue weighted by molar-refractivity contribution is -0.500. The smallest absolute Gasteiger partial charge is 0.0192 e. The number of halogens is 2. The molecule has 0 aromatic rings. The summed E-state index contributed by atoms with van der Waals surface area (Å²) in [6.45, 7) is 2.10. The summed E-state index contributed by atoms with van der Waals surface area (Å²) in [5, 5.41) is 0. The van der Waals surface area contributed by atoms with E-state index in [4.69, 9.17) is 8.91 Å². The van der Waals surface area contributed by atoms with E-state index in [2.05, 4.69) is 6.92 Å². The lowest BCUT2D eigenvalue weighted by Gasteiger charge is -1.40. The molecule has 0 saturated carbocycles. The molecule has 26 valence electrons. The molecule has 0 unspecified atom stereocenters. The topological polar surface area (TPSA) is 0 Å². The fraction of sp³-hybridized carbons (Fsp3) is 1.00. The van der Waals surface area contributed by atoms with Crippen LogP contribution >= 0.6 is 8.91 Å². The van der Waals surface area contributed by atoms with Gasteiger partial charge in [-0.15, -0.1) is 0 Å². The SMILES string of the molecule is CC[I+]Cl. The van der Waals surface area contributed by atoms with E-state index in [1.807, 2.05) is 0 Å². The van der Waals surface area contributed by atoms with Gasteiger partial charge in [-0.2, -0.15) is 0 Å². The van der Waals surface area contributed by atoms with E-state index in [1.165, 1.54) is 4.43 Å². The van der Waals surface area contributed by atoms with Gasteiger partial charge in [0.15, 0.2) is 4.43 Å². The largest absolute Gasteiger partial charge is 0.405 e. The van der Waals surface area contributed by atoms with Crippen LogP contribution in [0.15, 0.2) is 0 Å². The lowest BCUT2D eigenvalue weighted by Crippen LogP contribution is -3.56. The molecular weight excluding hydrogens is 186 g/mol. The molecule has 0 heterocycles. The summed E-state index contributed by atoms with van der Waals surface area (Å²) in [5.41, 5.74) is 0. The fourth-order valence-corrected chi connectivity index (χ4v) is 0. The zero-order valence-electron chi connectivity index (χ0n) is 2.46. The minimum absolute atomic E-state index is 0.0828. The molecule has 0 amide bonds. The summed E-state index contributed by atoms with van der Waals surface area (Å²) in [6.07, 6.45) is 0. The third-order valence-electron chi connectivity index (χ3n) is 0.101. The van der Waals surface area contributed by atoms with Crippen molar-refractivity contribution in [3.05, 3.63) is 0 Å². The van der Waals surface area contributed by atoms with Gasteiger partial charge in [0.25, 0.3) is 0 Å². The Morgan fingerprint density at radius 3 is 2.25 bits per heavy atom. The number of hydrogen-bond donors (Lipinski definition) is 0. The fourth-order valence-electron chi connectivity index (χ4n) is 0. The Bertz CT molecular complexity index is 8.00. The first kappa shape index (κ1) is 5.02. The molecule has 4 heavy (non-hydrogen) atoms. The van der Waals surface area contributed by atoms with Gasteiger partial charge >= 0.3 is 20.1 Å². The second-order valence-corrected chi connectivity index (χ2v) is 3.83. The standard InChI is InChI=1S/C2H5ClI/c1-2-4-3/h2H2,1H3/q+1. The van der Waals surface area contributed by atoms with Crippen molar-refractivity contribution >= 4 is 8.91 Å². The Kier molecular flexibility index (Phi) is 5.05. The normalized spacial score (nSPS) is 7.50. The quantitative estimate of drug-likeness (QED) is 0.341. The molecular formula is C2H5ClI+. The first-order chi connectivity index (χ1) is 1.91. The predicted octanol–water partition coefficient (Wildman–Crippen LogP) is -1.75. The molecule has 0 aliphatic carbocycles. The second-order valence-electron chi connectivity index (χ2n) is 0.368. The van der Waals surface area contributed by atoms with Gasteiger partial charge < -0.3 is 0 Å². The first-order valence-electron chi connectivity index (χ1n) is 1.12. The summed E-state index contributed by atoms with van der Waals surface area (Å²) < 4.78 is 1.19. The van der Waals surface area contributed by atoms with Crippen LogP contribution in [0.4, 0.5) is 0 Å². The summed E-state index contributed by atoms with van der Waals surface area (Å²) in [4.78, 5) is 0. The maximum atomic E-state index is 5.30. The molecule has 2 heteroatoms. The van der Waals surface area contributed by atoms with E-state index in [0.29, 0.717) is 0 Å². The molecule has 0 N–H and O–H groups in total. The molecule has 0 saturated heterocycles. The summed E-state index contributed by atoms with van der Waals surface area (Å²) in [7, 11) is 5.30. The van der Waals surface area contributed by atoms with Crippen LogP contribution in [0.1, 0.15) is 6.92 Å². The molecule has 0 aliphatic heterocycles. The van der Waals surface area contributed by atoms with Crippen LogP contribution in [0.3, 0.4) is 0 Å². The van der Waals surface area contributed by atoms with Crippen molar-refractivity contribution in [1.82, 2.24) is 0 Å². The molecule has 0 aliphatic rings. The molecule has 0 fully saturated rings. The molecule has 0 rings (SSSR count). The third-order valence-corrected chi connectivity index (χ3v) is 2.03. The Morgan fingerprint density at radius 1 is 2.00 bits per heavy atom. The molecule has 0 aromatic carbocycles. The van der Waals surface area contributed by atoms with E-state index >= 15 is 0 Å². The van der Waals surface area contributed by atoms with Crippen molar-refractivity contribution in [3.63, 3.8) is 0 Å². The van der Waals surface area contributed by atoms with Crippen LogP contribution in [-0.4, -0.2) is 4.43 Å². The molecule has 0 bridgehead atoms. The molecule has 0 spiro atoms. The highest BCUT2D eigenvalue weighted by atomic mass is 127. The van der Waals surface area contributed by atoms with Crippen LogP contribution in [0.5, 0.6) is 0 Å². The van der Waals surface area contributed by atoms with Crippen molar-refractivity contribution in [1.29, 1.82) is 0 Å². The van der Waals surface area contributed by atoms with Crippen LogP contribution in [-0.2, 0) is 0 Å². The van der Waals surface area contributed by atoms with Crippen molar-refractivity contribution in [2.24, 2.45) is 0 Å². The van der Waals surface area contributed by atoms with Crippen molar-refractivity contribution < 1.29 is 20.1 Å². The minimum atomic E-state index is 0.0828. The van der Waals surface area contributed by atoms with E-state index in [9.17, 15) is 0 Å². The Hall–Kier alpha value is 1.02. The van der Waals surface area contributed by atoms with E-state index in [0.717, 1.165) is 0 Å². The van der Waals surface area contributed by atoms with Gasteiger partial charge in [-0.05, 0) is 6.92 Å². The van der Waals surface area contributed by atoms with E-state index in [1.54, 1.807) is 0 Å². The number of alkyl halides is 1. The average molecular weight is 191 g/mol. The molecule has 0 nitrogen and oxygen atoms in total. The van der Waals surface area contributed by atoms with Gasteiger partial charge in [-0.1, -0.05) is 0 Å². The summed E-state index contributed by atoms with van der Waals surface area (Å²) in [5.74, 6) is 0. The van der Waals surface area contributed by atoms with Gasteiger partial charge in [0.2, 0.25) is 8.91 Å². The molecule has 0 aromatic heterocycles. The highest BCUT2D eigenvalue weighted by molar-refractivity contribution is 6.03. The molecule has 0 atom stereocenters. The summed E-state index contributed by atoms with van der Waals surface area (Å²) in [6, 6.07) is 0. The van der Waals surface area contributed by atoms with E-state index in [-0.39, 0.29) is 20.1 Å². The maximum Gasteiger partial charge on any atom is 0.405 e. The highest BCUT2D eigenvalue weighted by Crippen LogP contribution is 1.20. The molecule has 0 radical (unpaired) electrons. The van der Waals surface area contributed by atoms with Gasteiger partial charge in [-0.3, -0.25) is 0 Å². The van der Waals surface area contributed by atoms with Gasteiger partial charge in [0, 0.05) is 0 Å². The monoisotopic (exact) mass is 191 g/mol. The van der Waals surface area contributed by atoms with Gasteiger partial charge in [0.1, 0.15) is 0 Å². The Labute approximate surface area is 40.5 Å². The van der Waals surface area contributed by atoms with E-state index < -0.39 is 0 Å². The predicted molar refractivity (Wildman–Crippen MR) is 16.4 cm³/mol. The maximum absolute atomic E-state index is 5.30. The van der Waals surface area contributed by atoms with Gasteiger partial charge in [-0.25, -0.2) is 0 Å². The van der Waals surface area contributed by atoms with Crippen LogP contribution in [0.25, 0.3) is 0 Å². The first-order valence-corrected chi connectivity index (χ1v) is 5.37.